The number of carbonyl (C=O) groups excluding carboxylic acids is 2. The number of halogens is 2. The molecule has 2 aliphatic heterocycles. The summed E-state index contributed by atoms with van der Waals surface area (Å²) in [4.78, 5) is 33.3. The third-order valence-corrected chi connectivity index (χ3v) is 5.31. The molecule has 2 aliphatic rings. The first-order valence-electron chi connectivity index (χ1n) is 9.24. The minimum Gasteiger partial charge on any atom is -0.332 e. The van der Waals surface area contributed by atoms with E-state index >= 15 is 0 Å². The molecule has 1 N–H and O–H groups in total. The maximum absolute atomic E-state index is 13.5. The highest BCUT2D eigenvalue weighted by Gasteiger charge is 2.42. The molecule has 0 spiro atoms. The van der Waals surface area contributed by atoms with Crippen LogP contribution in [0, 0.1) is 17.6 Å². The van der Waals surface area contributed by atoms with E-state index in [0.717, 1.165) is 17.7 Å². The van der Waals surface area contributed by atoms with Crippen molar-refractivity contribution in [2.75, 3.05) is 31.1 Å². The second kappa shape index (κ2) is 7.63. The highest BCUT2D eigenvalue weighted by atomic mass is 19.2. The van der Waals surface area contributed by atoms with E-state index in [-0.39, 0.29) is 23.5 Å². The van der Waals surface area contributed by atoms with E-state index in [0.29, 0.717) is 32.6 Å². The van der Waals surface area contributed by atoms with Gasteiger partial charge < -0.3 is 15.1 Å². The lowest BCUT2D eigenvalue weighted by Crippen LogP contribution is -2.51. The number of nitrogens with one attached hydrogen (secondary N) is 1. The lowest BCUT2D eigenvalue weighted by Gasteiger charge is -2.37. The zero-order valence-corrected chi connectivity index (χ0v) is 15.1. The number of anilines is 1. The molecule has 1 aromatic heterocycles. The zero-order valence-electron chi connectivity index (χ0n) is 15.1. The van der Waals surface area contributed by atoms with Gasteiger partial charge >= 0.3 is 0 Å². The Kier molecular flexibility index (Phi) is 5.04. The zero-order chi connectivity index (χ0) is 19.7. The fourth-order valence-electron chi connectivity index (χ4n) is 3.86. The van der Waals surface area contributed by atoms with Crippen molar-refractivity contribution in [3.8, 4) is 0 Å². The molecule has 0 saturated carbocycles. The normalized spacial score (nSPS) is 22.6. The number of rotatable bonds is 3. The average molecular weight is 386 g/mol. The van der Waals surface area contributed by atoms with Crippen LogP contribution in [-0.4, -0.2) is 47.9 Å². The van der Waals surface area contributed by atoms with Gasteiger partial charge in [-0.05, 0) is 30.2 Å². The smallest absolute Gasteiger partial charge is 0.239 e. The largest absolute Gasteiger partial charge is 0.332 e. The number of benzene rings is 1. The second-order valence-corrected chi connectivity index (χ2v) is 6.97. The van der Waals surface area contributed by atoms with Crippen LogP contribution in [0.5, 0.6) is 0 Å². The molecular formula is C20H20F2N4O2. The van der Waals surface area contributed by atoms with Crippen molar-refractivity contribution in [3.05, 3.63) is 59.9 Å². The van der Waals surface area contributed by atoms with Crippen LogP contribution in [0.25, 0.3) is 0 Å². The lowest BCUT2D eigenvalue weighted by molar-refractivity contribution is -0.142. The molecule has 146 valence electrons. The molecule has 4 rings (SSSR count). The summed E-state index contributed by atoms with van der Waals surface area (Å²) in [6.45, 7) is 2.03. The summed E-state index contributed by atoms with van der Waals surface area (Å²) < 4.78 is 26.7. The van der Waals surface area contributed by atoms with Crippen LogP contribution in [-0.2, 0) is 9.59 Å². The van der Waals surface area contributed by atoms with Gasteiger partial charge in [0.2, 0.25) is 11.8 Å². The van der Waals surface area contributed by atoms with Gasteiger partial charge in [0.1, 0.15) is 5.92 Å². The van der Waals surface area contributed by atoms with Crippen LogP contribution in [0.15, 0.2) is 42.7 Å². The van der Waals surface area contributed by atoms with Crippen LogP contribution >= 0.6 is 0 Å². The van der Waals surface area contributed by atoms with Gasteiger partial charge in [-0.25, -0.2) is 8.78 Å². The summed E-state index contributed by atoms with van der Waals surface area (Å²) in [5.41, 5.74) is 1.18. The Hall–Kier alpha value is -2.87. The third-order valence-electron chi connectivity index (χ3n) is 5.31. The summed E-state index contributed by atoms with van der Waals surface area (Å²) in [5, 5.41) is 3.27. The van der Waals surface area contributed by atoms with E-state index in [2.05, 4.69) is 10.3 Å². The van der Waals surface area contributed by atoms with Gasteiger partial charge in [0, 0.05) is 50.3 Å². The maximum atomic E-state index is 13.5. The number of amides is 2. The number of hydrogen-bond acceptors (Lipinski definition) is 4. The molecule has 28 heavy (non-hydrogen) atoms. The Morgan fingerprint density at radius 3 is 2.79 bits per heavy atom. The van der Waals surface area contributed by atoms with Crippen LogP contribution in [0.1, 0.15) is 18.0 Å². The molecule has 8 heteroatoms. The molecule has 0 aliphatic carbocycles. The third kappa shape index (κ3) is 3.35. The molecule has 2 amide bonds. The quantitative estimate of drug-likeness (QED) is 0.819. The van der Waals surface area contributed by atoms with Crippen LogP contribution in [0.2, 0.25) is 0 Å². The standard InChI is InChI=1S/C20H20F2N4O2/c21-16-4-3-14(10-17(16)22)25-8-5-15(19(25)27)20(28)26-9-7-24-12-18(26)13-2-1-6-23-11-13/h1-4,6,10-11,15,18,24H,5,7-9,12H2. The molecular weight excluding hydrogens is 366 g/mol. The molecule has 2 aromatic rings. The van der Waals surface area contributed by atoms with E-state index in [4.69, 9.17) is 0 Å². The van der Waals surface area contributed by atoms with E-state index in [1.165, 1.54) is 11.0 Å². The first-order valence-corrected chi connectivity index (χ1v) is 9.24. The first-order chi connectivity index (χ1) is 13.6. The van der Waals surface area contributed by atoms with Crippen molar-refractivity contribution in [2.45, 2.75) is 12.5 Å². The summed E-state index contributed by atoms with van der Waals surface area (Å²) in [7, 11) is 0. The molecule has 2 saturated heterocycles. The van der Waals surface area contributed by atoms with Crippen LogP contribution in [0.4, 0.5) is 14.5 Å². The van der Waals surface area contributed by atoms with E-state index < -0.39 is 17.6 Å². The van der Waals surface area contributed by atoms with Crippen LogP contribution in [0.3, 0.4) is 0 Å². The Morgan fingerprint density at radius 1 is 1.18 bits per heavy atom. The van der Waals surface area contributed by atoms with Gasteiger partial charge in [-0.2, -0.15) is 0 Å². The summed E-state index contributed by atoms with van der Waals surface area (Å²) in [5.74, 6) is -3.41. The van der Waals surface area contributed by atoms with Gasteiger partial charge in [0.15, 0.2) is 11.6 Å². The topological polar surface area (TPSA) is 65.5 Å². The van der Waals surface area contributed by atoms with Gasteiger partial charge in [0.05, 0.1) is 6.04 Å². The molecule has 2 unspecified atom stereocenters. The predicted molar refractivity (Wildman–Crippen MR) is 98.4 cm³/mol. The number of nitrogens with zero attached hydrogens (tertiary/aromatic N) is 3. The number of aromatic nitrogens is 1. The Balaban J connectivity index is 1.54. The van der Waals surface area contributed by atoms with Gasteiger partial charge in [-0.15, -0.1) is 0 Å². The number of carbonyl (C=O) groups is 2. The lowest BCUT2D eigenvalue weighted by atomic mass is 10.0. The van der Waals surface area contributed by atoms with Gasteiger partial charge in [-0.3, -0.25) is 14.6 Å². The fraction of sp³-hybridized carbons (Fsp3) is 0.350. The SMILES string of the molecule is O=C1C(C(=O)N2CCNCC2c2cccnc2)CCN1c1ccc(F)c(F)c1. The highest BCUT2D eigenvalue weighted by Crippen LogP contribution is 2.30. The average Bonchev–Trinajstić information content (AvgIpc) is 3.11. The molecule has 3 heterocycles. The Labute approximate surface area is 161 Å². The summed E-state index contributed by atoms with van der Waals surface area (Å²) in [6, 6.07) is 6.87. The minimum absolute atomic E-state index is 0.194. The van der Waals surface area contributed by atoms with Crippen molar-refractivity contribution in [2.24, 2.45) is 5.92 Å². The van der Waals surface area contributed by atoms with E-state index in [1.54, 1.807) is 17.3 Å². The maximum Gasteiger partial charge on any atom is 0.239 e. The Morgan fingerprint density at radius 2 is 2.04 bits per heavy atom. The molecule has 2 atom stereocenters. The highest BCUT2D eigenvalue weighted by molar-refractivity contribution is 6.09. The van der Waals surface area contributed by atoms with Crippen molar-refractivity contribution < 1.29 is 18.4 Å². The predicted octanol–water partition coefficient (Wildman–Crippen LogP) is 1.89. The first kappa shape index (κ1) is 18.5. The van der Waals surface area contributed by atoms with Crippen molar-refractivity contribution in [3.63, 3.8) is 0 Å². The molecule has 2 fully saturated rings. The number of pyridine rings is 1. The van der Waals surface area contributed by atoms with Crippen LogP contribution < -0.4 is 10.2 Å². The van der Waals surface area contributed by atoms with Gasteiger partial charge in [0.25, 0.3) is 0 Å². The monoisotopic (exact) mass is 386 g/mol. The fourth-order valence-corrected chi connectivity index (χ4v) is 3.86. The second-order valence-electron chi connectivity index (χ2n) is 6.97. The number of hydrogen-bond donors (Lipinski definition) is 1. The number of piperazine rings is 1. The Bertz CT molecular complexity index is 893. The molecule has 6 nitrogen and oxygen atoms in total. The summed E-state index contributed by atoms with van der Waals surface area (Å²) in [6.07, 6.45) is 3.74. The van der Waals surface area contributed by atoms with Gasteiger partial charge in [-0.1, -0.05) is 6.07 Å². The van der Waals surface area contributed by atoms with Crippen molar-refractivity contribution in [1.82, 2.24) is 15.2 Å². The molecule has 0 bridgehead atoms. The summed E-state index contributed by atoms with van der Waals surface area (Å²) >= 11 is 0. The minimum atomic E-state index is -1.01. The molecule has 1 aromatic carbocycles. The van der Waals surface area contributed by atoms with E-state index in [1.807, 2.05) is 12.1 Å². The van der Waals surface area contributed by atoms with Crippen molar-refractivity contribution >= 4 is 17.5 Å². The van der Waals surface area contributed by atoms with E-state index in [9.17, 15) is 18.4 Å². The van der Waals surface area contributed by atoms with Crippen molar-refractivity contribution in [1.29, 1.82) is 0 Å². The molecule has 0 radical (unpaired) electrons.